The van der Waals surface area contributed by atoms with E-state index in [2.05, 4.69) is 0 Å². The van der Waals surface area contributed by atoms with Gasteiger partial charge in [-0.05, 0) is 72.9 Å². The van der Waals surface area contributed by atoms with E-state index >= 15 is 0 Å². The molecule has 0 radical (unpaired) electrons. The van der Waals surface area contributed by atoms with Crippen molar-refractivity contribution in [3.05, 3.63) is 89.2 Å². The van der Waals surface area contributed by atoms with Gasteiger partial charge in [0.25, 0.3) is 5.91 Å². The third kappa shape index (κ3) is 5.73. The second kappa shape index (κ2) is 10.4. The van der Waals surface area contributed by atoms with Gasteiger partial charge in [0.05, 0.1) is 19.8 Å². The van der Waals surface area contributed by atoms with E-state index in [0.29, 0.717) is 41.6 Å². The number of methoxy groups -OCH3 is 2. The fraction of sp³-hybridized carbons (Fsp3) is 0.259. The molecule has 7 heteroatoms. The number of benzene rings is 3. The Balaban J connectivity index is 1.47. The zero-order valence-electron chi connectivity index (χ0n) is 19.1. The van der Waals surface area contributed by atoms with E-state index in [1.165, 1.54) is 32.4 Å². The smallest absolute Gasteiger partial charge is 0.337 e. The maximum absolute atomic E-state index is 13.6. The van der Waals surface area contributed by atoms with Gasteiger partial charge in [0.2, 0.25) is 0 Å². The highest BCUT2D eigenvalue weighted by molar-refractivity contribution is 5.94. The molecule has 1 aliphatic carbocycles. The maximum atomic E-state index is 13.6. The number of carbonyl (C=O) groups excluding carboxylic acids is 2. The lowest BCUT2D eigenvalue weighted by Crippen LogP contribution is -2.32. The summed E-state index contributed by atoms with van der Waals surface area (Å²) in [6.07, 6.45) is 2.24. The molecule has 0 atom stereocenters. The molecule has 0 N–H and O–H groups in total. The predicted molar refractivity (Wildman–Crippen MR) is 125 cm³/mol. The molecule has 1 amide bonds. The van der Waals surface area contributed by atoms with Crippen molar-refractivity contribution in [3.8, 4) is 17.2 Å². The standard InChI is InChI=1S/C27H26FNO5/c1-32-24-14-11-22(28)15-25(24)34-23-12-9-20(10-13-23)26(30)29(16-18-3-4-18)17-19-5-7-21(8-6-19)27(31)33-2/h5-15,18H,3-4,16-17H2,1-2H3. The van der Waals surface area contributed by atoms with E-state index < -0.39 is 11.8 Å². The van der Waals surface area contributed by atoms with E-state index in [0.717, 1.165) is 18.4 Å². The molecule has 1 aliphatic rings. The molecular weight excluding hydrogens is 437 g/mol. The van der Waals surface area contributed by atoms with Crippen LogP contribution in [0.4, 0.5) is 4.39 Å². The molecule has 34 heavy (non-hydrogen) atoms. The summed E-state index contributed by atoms with van der Waals surface area (Å²) in [4.78, 5) is 26.8. The molecule has 1 saturated carbocycles. The first-order chi connectivity index (χ1) is 16.5. The Morgan fingerprint density at radius 3 is 2.21 bits per heavy atom. The molecule has 0 heterocycles. The van der Waals surface area contributed by atoms with Crippen LogP contribution < -0.4 is 9.47 Å². The molecule has 0 aliphatic heterocycles. The molecule has 0 bridgehead atoms. The first kappa shape index (κ1) is 23.3. The molecule has 0 unspecified atom stereocenters. The summed E-state index contributed by atoms with van der Waals surface area (Å²) >= 11 is 0. The lowest BCUT2D eigenvalue weighted by molar-refractivity contribution is 0.0600. The third-order valence-corrected chi connectivity index (χ3v) is 5.67. The highest BCUT2D eigenvalue weighted by Crippen LogP contribution is 2.33. The first-order valence-electron chi connectivity index (χ1n) is 11.0. The van der Waals surface area contributed by atoms with Crippen molar-refractivity contribution < 1.29 is 28.2 Å². The second-order valence-corrected chi connectivity index (χ2v) is 8.24. The average Bonchev–Trinajstić information content (AvgIpc) is 3.68. The number of hydrogen-bond donors (Lipinski definition) is 0. The number of carbonyl (C=O) groups is 2. The summed E-state index contributed by atoms with van der Waals surface area (Å²) in [6, 6.07) is 17.9. The average molecular weight is 464 g/mol. The van der Waals surface area contributed by atoms with Gasteiger partial charge in [-0.1, -0.05) is 12.1 Å². The van der Waals surface area contributed by atoms with Gasteiger partial charge in [-0.2, -0.15) is 0 Å². The summed E-state index contributed by atoms with van der Waals surface area (Å²) in [5.41, 5.74) is 1.93. The van der Waals surface area contributed by atoms with Crippen molar-refractivity contribution in [2.45, 2.75) is 19.4 Å². The highest BCUT2D eigenvalue weighted by atomic mass is 19.1. The molecule has 3 aromatic rings. The number of rotatable bonds is 9. The van der Waals surface area contributed by atoms with Crippen molar-refractivity contribution in [3.63, 3.8) is 0 Å². The van der Waals surface area contributed by atoms with Crippen LogP contribution in [-0.4, -0.2) is 37.5 Å². The molecule has 4 rings (SSSR count). The SMILES string of the molecule is COC(=O)c1ccc(CN(CC2CC2)C(=O)c2ccc(Oc3cc(F)ccc3OC)cc2)cc1. The van der Waals surface area contributed by atoms with Crippen LogP contribution in [0.1, 0.15) is 39.1 Å². The zero-order chi connectivity index (χ0) is 24.1. The monoisotopic (exact) mass is 463 g/mol. The Bertz CT molecular complexity index is 1160. The molecule has 1 fully saturated rings. The van der Waals surface area contributed by atoms with Gasteiger partial charge >= 0.3 is 5.97 Å². The zero-order valence-corrected chi connectivity index (χ0v) is 19.1. The van der Waals surface area contributed by atoms with Crippen LogP contribution in [0.25, 0.3) is 0 Å². The molecule has 0 spiro atoms. The van der Waals surface area contributed by atoms with Crippen LogP contribution in [0, 0.1) is 11.7 Å². The van der Waals surface area contributed by atoms with Gasteiger partial charge in [0.15, 0.2) is 11.5 Å². The fourth-order valence-electron chi connectivity index (χ4n) is 3.62. The van der Waals surface area contributed by atoms with E-state index in [-0.39, 0.29) is 11.7 Å². The highest BCUT2D eigenvalue weighted by Gasteiger charge is 2.27. The summed E-state index contributed by atoms with van der Waals surface area (Å²) in [6.45, 7) is 1.12. The van der Waals surface area contributed by atoms with Gasteiger partial charge in [-0.15, -0.1) is 0 Å². The summed E-state index contributed by atoms with van der Waals surface area (Å²) in [7, 11) is 2.83. The van der Waals surface area contributed by atoms with Crippen molar-refractivity contribution >= 4 is 11.9 Å². The minimum absolute atomic E-state index is 0.0844. The molecule has 0 saturated heterocycles. The Labute approximate surface area is 197 Å². The number of nitrogens with zero attached hydrogens (tertiary/aromatic N) is 1. The van der Waals surface area contributed by atoms with Crippen molar-refractivity contribution in [1.29, 1.82) is 0 Å². The van der Waals surface area contributed by atoms with E-state index in [1.807, 2.05) is 17.0 Å². The summed E-state index contributed by atoms with van der Waals surface area (Å²) in [5, 5.41) is 0. The minimum Gasteiger partial charge on any atom is -0.493 e. The Morgan fingerprint density at radius 2 is 1.59 bits per heavy atom. The summed E-state index contributed by atoms with van der Waals surface area (Å²) < 4.78 is 29.3. The van der Waals surface area contributed by atoms with E-state index in [9.17, 15) is 14.0 Å². The fourth-order valence-corrected chi connectivity index (χ4v) is 3.62. The van der Waals surface area contributed by atoms with E-state index in [1.54, 1.807) is 36.4 Å². The first-order valence-corrected chi connectivity index (χ1v) is 11.0. The quantitative estimate of drug-likeness (QED) is 0.394. The van der Waals surface area contributed by atoms with Crippen LogP contribution in [0.5, 0.6) is 17.2 Å². The number of hydrogen-bond acceptors (Lipinski definition) is 5. The summed E-state index contributed by atoms with van der Waals surface area (Å²) in [5.74, 6) is 0.740. The predicted octanol–water partition coefficient (Wildman–Crippen LogP) is 5.47. The van der Waals surface area contributed by atoms with Crippen LogP contribution in [0.2, 0.25) is 0 Å². The normalized spacial score (nSPS) is 12.7. The Hall–Kier alpha value is -3.87. The second-order valence-electron chi connectivity index (χ2n) is 8.24. The van der Waals surface area contributed by atoms with Gasteiger partial charge in [0.1, 0.15) is 11.6 Å². The van der Waals surface area contributed by atoms with Crippen LogP contribution in [-0.2, 0) is 11.3 Å². The van der Waals surface area contributed by atoms with Gasteiger partial charge < -0.3 is 19.1 Å². The van der Waals surface area contributed by atoms with Gasteiger partial charge in [0, 0.05) is 24.7 Å². The van der Waals surface area contributed by atoms with Gasteiger partial charge in [-0.3, -0.25) is 4.79 Å². The molecule has 176 valence electrons. The maximum Gasteiger partial charge on any atom is 0.337 e. The number of halogens is 1. The third-order valence-electron chi connectivity index (χ3n) is 5.67. The van der Waals surface area contributed by atoms with Crippen LogP contribution in [0.15, 0.2) is 66.7 Å². The topological polar surface area (TPSA) is 65.1 Å². The van der Waals surface area contributed by atoms with Crippen LogP contribution in [0.3, 0.4) is 0 Å². The number of esters is 1. The molecule has 3 aromatic carbocycles. The van der Waals surface area contributed by atoms with Gasteiger partial charge in [-0.25, -0.2) is 9.18 Å². The number of amides is 1. The minimum atomic E-state index is -0.432. The lowest BCUT2D eigenvalue weighted by Gasteiger charge is -2.23. The molecule has 6 nitrogen and oxygen atoms in total. The lowest BCUT2D eigenvalue weighted by atomic mass is 10.1. The van der Waals surface area contributed by atoms with Crippen molar-refractivity contribution in [2.75, 3.05) is 20.8 Å². The Kier molecular flexibility index (Phi) is 7.11. The van der Waals surface area contributed by atoms with Crippen LogP contribution >= 0.6 is 0 Å². The van der Waals surface area contributed by atoms with Crippen molar-refractivity contribution in [2.24, 2.45) is 5.92 Å². The van der Waals surface area contributed by atoms with E-state index in [4.69, 9.17) is 14.2 Å². The molecule has 0 aromatic heterocycles. The molecular formula is C27H26FNO5. The number of ether oxygens (including phenoxy) is 3. The largest absolute Gasteiger partial charge is 0.493 e. The Morgan fingerprint density at radius 1 is 0.912 bits per heavy atom. The van der Waals surface area contributed by atoms with Crippen molar-refractivity contribution in [1.82, 2.24) is 4.90 Å².